The van der Waals surface area contributed by atoms with Gasteiger partial charge in [0.1, 0.15) is 5.60 Å². The molecule has 0 bridgehead atoms. The fourth-order valence-electron chi connectivity index (χ4n) is 1.65. The van der Waals surface area contributed by atoms with Crippen molar-refractivity contribution in [1.29, 1.82) is 0 Å². The Kier molecular flexibility index (Phi) is 4.08. The maximum atomic E-state index is 11.6. The molecule has 0 aliphatic carbocycles. The van der Waals surface area contributed by atoms with Crippen molar-refractivity contribution in [1.82, 2.24) is 25.1 Å². The third kappa shape index (κ3) is 3.88. The lowest BCUT2D eigenvalue weighted by atomic mass is 10.2. The molecule has 1 unspecified atom stereocenters. The van der Waals surface area contributed by atoms with Gasteiger partial charge in [-0.05, 0) is 39.8 Å². The van der Waals surface area contributed by atoms with Gasteiger partial charge in [0, 0.05) is 0 Å². The Labute approximate surface area is 122 Å². The fourth-order valence-corrected chi connectivity index (χ4v) is 1.65. The summed E-state index contributed by atoms with van der Waals surface area (Å²) >= 11 is 0. The van der Waals surface area contributed by atoms with E-state index in [1.54, 1.807) is 39.8 Å². The van der Waals surface area contributed by atoms with Crippen molar-refractivity contribution in [3.05, 3.63) is 23.7 Å². The number of carbonyl (C=O) groups excluding carboxylic acids is 1. The first-order valence-electron chi connectivity index (χ1n) is 6.62. The zero-order chi connectivity index (χ0) is 15.6. The van der Waals surface area contributed by atoms with Crippen LogP contribution in [0.4, 0.5) is 4.79 Å². The number of aliphatic hydroxyl groups is 1. The van der Waals surface area contributed by atoms with E-state index < -0.39 is 17.8 Å². The number of rotatable bonds is 3. The highest BCUT2D eigenvalue weighted by Crippen LogP contribution is 2.10. The number of nitrogens with zero attached hydrogens (tertiary/aromatic N) is 4. The number of nitrogens with one attached hydrogen (secondary N) is 1. The first kappa shape index (κ1) is 15.2. The Morgan fingerprint density at radius 2 is 2.14 bits per heavy atom. The van der Waals surface area contributed by atoms with Crippen LogP contribution in [0.25, 0.3) is 5.65 Å². The Balaban J connectivity index is 2.12. The van der Waals surface area contributed by atoms with Gasteiger partial charge in [-0.25, -0.2) is 4.79 Å². The van der Waals surface area contributed by atoms with Gasteiger partial charge >= 0.3 is 6.09 Å². The van der Waals surface area contributed by atoms with Crippen molar-refractivity contribution in [2.24, 2.45) is 0 Å². The second kappa shape index (κ2) is 5.65. The number of ether oxygens (including phenoxy) is 1. The van der Waals surface area contributed by atoms with Crippen LogP contribution >= 0.6 is 0 Å². The standard InChI is InChI=1S/C13H19N5O3/c1-8(19)9-5-6-10-15-16-11(18(10)17-9)7-14-12(20)21-13(2,3)4/h5-6,8,19H,7H2,1-4H3,(H,14,20). The lowest BCUT2D eigenvalue weighted by Gasteiger charge is -2.19. The molecule has 0 saturated heterocycles. The lowest BCUT2D eigenvalue weighted by Crippen LogP contribution is -2.32. The van der Waals surface area contributed by atoms with E-state index in [4.69, 9.17) is 4.74 Å². The van der Waals surface area contributed by atoms with Gasteiger partial charge in [-0.2, -0.15) is 9.61 Å². The minimum atomic E-state index is -0.691. The monoisotopic (exact) mass is 293 g/mol. The predicted molar refractivity (Wildman–Crippen MR) is 74.5 cm³/mol. The number of aliphatic hydroxyl groups excluding tert-OH is 1. The summed E-state index contributed by atoms with van der Waals surface area (Å²) in [5.74, 6) is 0.457. The second-order valence-electron chi connectivity index (χ2n) is 5.68. The molecule has 2 rings (SSSR count). The summed E-state index contributed by atoms with van der Waals surface area (Å²) in [6.07, 6.45) is -1.23. The number of hydrogen-bond donors (Lipinski definition) is 2. The van der Waals surface area contributed by atoms with Crippen LogP contribution in [-0.4, -0.2) is 36.6 Å². The molecule has 8 heteroatoms. The van der Waals surface area contributed by atoms with E-state index in [0.717, 1.165) is 0 Å². The van der Waals surface area contributed by atoms with Crippen LogP contribution in [0, 0.1) is 0 Å². The number of hydrogen-bond acceptors (Lipinski definition) is 6. The van der Waals surface area contributed by atoms with Crippen molar-refractivity contribution in [2.75, 3.05) is 0 Å². The molecule has 0 aliphatic rings. The van der Waals surface area contributed by atoms with Crippen LogP contribution in [-0.2, 0) is 11.3 Å². The first-order valence-corrected chi connectivity index (χ1v) is 6.62. The summed E-state index contributed by atoms with van der Waals surface area (Å²) in [5, 5.41) is 24.3. The van der Waals surface area contributed by atoms with Gasteiger partial charge < -0.3 is 15.2 Å². The van der Waals surface area contributed by atoms with Crippen molar-refractivity contribution in [3.63, 3.8) is 0 Å². The van der Waals surface area contributed by atoms with E-state index in [0.29, 0.717) is 17.2 Å². The lowest BCUT2D eigenvalue weighted by molar-refractivity contribution is 0.0522. The fraction of sp³-hybridized carbons (Fsp3) is 0.538. The molecule has 0 spiro atoms. The molecule has 1 atom stereocenters. The molecule has 2 N–H and O–H groups in total. The summed E-state index contributed by atoms with van der Waals surface area (Å²) in [4.78, 5) is 11.6. The number of fused-ring (bicyclic) bond motifs is 1. The van der Waals surface area contributed by atoms with Crippen LogP contribution in [0.15, 0.2) is 12.1 Å². The third-order valence-electron chi connectivity index (χ3n) is 2.57. The number of alkyl carbamates (subject to hydrolysis) is 1. The van der Waals surface area contributed by atoms with Crippen LogP contribution in [0.1, 0.15) is 45.3 Å². The average Bonchev–Trinajstić information content (AvgIpc) is 2.76. The van der Waals surface area contributed by atoms with Crippen molar-refractivity contribution in [3.8, 4) is 0 Å². The molecule has 1 amide bonds. The predicted octanol–water partition coefficient (Wildman–Crippen LogP) is 1.20. The highest BCUT2D eigenvalue weighted by Gasteiger charge is 2.17. The molecule has 2 aromatic rings. The normalized spacial score (nSPS) is 13.2. The summed E-state index contributed by atoms with van der Waals surface area (Å²) in [7, 11) is 0. The van der Waals surface area contributed by atoms with Crippen LogP contribution in [0.2, 0.25) is 0 Å². The molecule has 0 saturated carbocycles. The minimum absolute atomic E-state index is 0.131. The van der Waals surface area contributed by atoms with Gasteiger partial charge in [0.2, 0.25) is 0 Å². The minimum Gasteiger partial charge on any atom is -0.444 e. The van der Waals surface area contributed by atoms with E-state index in [1.807, 2.05) is 0 Å². The molecule has 114 valence electrons. The van der Waals surface area contributed by atoms with Crippen molar-refractivity contribution >= 4 is 11.7 Å². The first-order chi connectivity index (χ1) is 9.76. The van der Waals surface area contributed by atoms with Gasteiger partial charge in [-0.15, -0.1) is 10.2 Å². The number of aromatic nitrogens is 4. The van der Waals surface area contributed by atoms with E-state index in [9.17, 15) is 9.90 Å². The van der Waals surface area contributed by atoms with Crippen molar-refractivity contribution in [2.45, 2.75) is 45.9 Å². The smallest absolute Gasteiger partial charge is 0.408 e. The van der Waals surface area contributed by atoms with E-state index in [2.05, 4.69) is 20.6 Å². The topological polar surface area (TPSA) is 102 Å². The van der Waals surface area contributed by atoms with Gasteiger partial charge in [0.25, 0.3) is 0 Å². The third-order valence-corrected chi connectivity index (χ3v) is 2.57. The SMILES string of the molecule is CC(O)c1ccc2nnc(CNC(=O)OC(C)(C)C)n2n1. The van der Waals surface area contributed by atoms with Gasteiger partial charge in [-0.3, -0.25) is 0 Å². The zero-order valence-electron chi connectivity index (χ0n) is 12.5. The maximum Gasteiger partial charge on any atom is 0.408 e. The molecule has 8 nitrogen and oxygen atoms in total. The molecular weight excluding hydrogens is 274 g/mol. The second-order valence-corrected chi connectivity index (χ2v) is 5.68. The summed E-state index contributed by atoms with van der Waals surface area (Å²) < 4.78 is 6.63. The molecule has 2 heterocycles. The summed E-state index contributed by atoms with van der Waals surface area (Å²) in [5.41, 5.74) is 0.482. The molecule has 0 aliphatic heterocycles. The molecule has 0 fully saturated rings. The number of carbonyl (C=O) groups is 1. The maximum absolute atomic E-state index is 11.6. The summed E-state index contributed by atoms with van der Waals surface area (Å²) in [6, 6.07) is 3.39. The summed E-state index contributed by atoms with van der Waals surface area (Å²) in [6.45, 7) is 7.12. The zero-order valence-corrected chi connectivity index (χ0v) is 12.5. The van der Waals surface area contributed by atoms with E-state index in [1.165, 1.54) is 4.52 Å². The molecule has 0 radical (unpaired) electrons. The van der Waals surface area contributed by atoms with Crippen LogP contribution in [0.5, 0.6) is 0 Å². The molecule has 0 aromatic carbocycles. The van der Waals surface area contributed by atoms with Gasteiger partial charge in [-0.1, -0.05) is 0 Å². The Hall–Kier alpha value is -2.22. The number of amides is 1. The Bertz CT molecular complexity index is 645. The Morgan fingerprint density at radius 3 is 2.76 bits per heavy atom. The molecule has 21 heavy (non-hydrogen) atoms. The van der Waals surface area contributed by atoms with Crippen molar-refractivity contribution < 1.29 is 14.6 Å². The Morgan fingerprint density at radius 1 is 1.43 bits per heavy atom. The molecular formula is C13H19N5O3. The highest BCUT2D eigenvalue weighted by atomic mass is 16.6. The van der Waals surface area contributed by atoms with Gasteiger partial charge in [0.15, 0.2) is 11.5 Å². The van der Waals surface area contributed by atoms with Crippen LogP contribution in [0.3, 0.4) is 0 Å². The van der Waals surface area contributed by atoms with E-state index >= 15 is 0 Å². The molecule has 2 aromatic heterocycles. The van der Waals surface area contributed by atoms with Crippen LogP contribution < -0.4 is 5.32 Å². The van der Waals surface area contributed by atoms with Gasteiger partial charge in [0.05, 0.1) is 18.3 Å². The average molecular weight is 293 g/mol. The van der Waals surface area contributed by atoms with E-state index in [-0.39, 0.29) is 6.54 Å². The quantitative estimate of drug-likeness (QED) is 0.881. The highest BCUT2D eigenvalue weighted by molar-refractivity contribution is 5.67. The largest absolute Gasteiger partial charge is 0.444 e.